The Kier molecular flexibility index (Phi) is 4.47. The fourth-order valence-corrected chi connectivity index (χ4v) is 2.85. The van der Waals surface area contributed by atoms with Crippen LogP contribution in [0.5, 0.6) is 11.5 Å². The molecule has 0 saturated heterocycles. The standard InChI is InChI=1S/C18H12F3NO4/c1-24-17(23)15-11(9-22)8-14(16-13(15)6-7-25-16)10-2-4-12(5-3-10)26-18(19,20)21/h2-5,8H,6-7H2,1H3. The Bertz CT molecular complexity index is 899. The van der Waals surface area contributed by atoms with Gasteiger partial charge in [-0.05, 0) is 23.8 Å². The molecule has 0 N–H and O–H groups in total. The summed E-state index contributed by atoms with van der Waals surface area (Å²) in [5.74, 6) is -0.567. The summed E-state index contributed by atoms with van der Waals surface area (Å²) < 4.78 is 51.0. The molecule has 0 unspecified atom stereocenters. The van der Waals surface area contributed by atoms with E-state index in [4.69, 9.17) is 9.47 Å². The molecule has 0 saturated carbocycles. The molecule has 26 heavy (non-hydrogen) atoms. The average Bonchev–Trinajstić information content (AvgIpc) is 3.08. The van der Waals surface area contributed by atoms with E-state index in [-0.39, 0.29) is 16.9 Å². The number of methoxy groups -OCH3 is 1. The van der Waals surface area contributed by atoms with Crippen molar-refractivity contribution in [2.24, 2.45) is 0 Å². The third-order valence-corrected chi connectivity index (χ3v) is 3.89. The average molecular weight is 363 g/mol. The molecule has 0 aromatic heterocycles. The van der Waals surface area contributed by atoms with Crippen LogP contribution >= 0.6 is 0 Å². The largest absolute Gasteiger partial charge is 0.573 e. The van der Waals surface area contributed by atoms with Crippen LogP contribution in [0.15, 0.2) is 30.3 Å². The van der Waals surface area contributed by atoms with Gasteiger partial charge in [0.05, 0.1) is 24.8 Å². The predicted octanol–water partition coefficient (Wildman–Crippen LogP) is 3.85. The van der Waals surface area contributed by atoms with Gasteiger partial charge in [0.2, 0.25) is 0 Å². The van der Waals surface area contributed by atoms with Crippen LogP contribution in [0.1, 0.15) is 21.5 Å². The lowest BCUT2D eigenvalue weighted by atomic mass is 9.93. The van der Waals surface area contributed by atoms with Crippen LogP contribution in [0.3, 0.4) is 0 Å². The second-order valence-corrected chi connectivity index (χ2v) is 5.43. The molecule has 2 aromatic carbocycles. The van der Waals surface area contributed by atoms with Crippen LogP contribution in [0, 0.1) is 11.3 Å². The lowest BCUT2D eigenvalue weighted by molar-refractivity contribution is -0.274. The molecule has 1 aliphatic heterocycles. The second-order valence-electron chi connectivity index (χ2n) is 5.43. The molecule has 0 spiro atoms. The van der Waals surface area contributed by atoms with Crippen LogP contribution in [0.25, 0.3) is 11.1 Å². The first-order valence-electron chi connectivity index (χ1n) is 7.51. The number of alkyl halides is 3. The fourth-order valence-electron chi connectivity index (χ4n) is 2.85. The smallest absolute Gasteiger partial charge is 0.492 e. The number of carbonyl (C=O) groups excluding carboxylic acids is 1. The molecule has 134 valence electrons. The lowest BCUT2D eigenvalue weighted by Gasteiger charge is -2.14. The maximum atomic E-state index is 12.3. The van der Waals surface area contributed by atoms with Crippen molar-refractivity contribution >= 4 is 5.97 Å². The third-order valence-electron chi connectivity index (χ3n) is 3.89. The quantitative estimate of drug-likeness (QED) is 0.775. The van der Waals surface area contributed by atoms with Gasteiger partial charge >= 0.3 is 12.3 Å². The second kappa shape index (κ2) is 6.59. The minimum absolute atomic E-state index is 0.117. The Morgan fingerprint density at radius 2 is 1.96 bits per heavy atom. The van der Waals surface area contributed by atoms with E-state index in [9.17, 15) is 23.2 Å². The fraction of sp³-hybridized carbons (Fsp3) is 0.222. The van der Waals surface area contributed by atoms with Gasteiger partial charge in [-0.15, -0.1) is 13.2 Å². The van der Waals surface area contributed by atoms with Crippen LogP contribution in [0.4, 0.5) is 13.2 Å². The van der Waals surface area contributed by atoms with Crippen molar-refractivity contribution in [2.75, 3.05) is 13.7 Å². The highest BCUT2D eigenvalue weighted by Crippen LogP contribution is 2.41. The molecule has 2 aromatic rings. The van der Waals surface area contributed by atoms with Crippen molar-refractivity contribution in [3.63, 3.8) is 0 Å². The molecule has 0 fully saturated rings. The van der Waals surface area contributed by atoms with E-state index >= 15 is 0 Å². The van der Waals surface area contributed by atoms with Gasteiger partial charge in [0.25, 0.3) is 0 Å². The zero-order valence-corrected chi connectivity index (χ0v) is 13.5. The molecule has 5 nitrogen and oxygen atoms in total. The molecule has 0 amide bonds. The number of halogens is 3. The molecule has 0 radical (unpaired) electrons. The molecular formula is C18H12F3NO4. The normalized spacial score (nSPS) is 12.7. The van der Waals surface area contributed by atoms with Crippen molar-refractivity contribution in [2.45, 2.75) is 12.8 Å². The van der Waals surface area contributed by atoms with E-state index < -0.39 is 12.3 Å². The maximum Gasteiger partial charge on any atom is 0.573 e. The van der Waals surface area contributed by atoms with Crippen molar-refractivity contribution in [3.05, 3.63) is 47.0 Å². The maximum absolute atomic E-state index is 12.3. The summed E-state index contributed by atoms with van der Waals surface area (Å²) in [6, 6.07) is 8.63. The summed E-state index contributed by atoms with van der Waals surface area (Å²) in [6.45, 7) is 0.330. The van der Waals surface area contributed by atoms with Gasteiger partial charge in [-0.3, -0.25) is 0 Å². The summed E-state index contributed by atoms with van der Waals surface area (Å²) in [4.78, 5) is 12.0. The third kappa shape index (κ3) is 3.28. The van der Waals surface area contributed by atoms with E-state index in [0.717, 1.165) is 0 Å². The van der Waals surface area contributed by atoms with Crippen LogP contribution in [0.2, 0.25) is 0 Å². The summed E-state index contributed by atoms with van der Waals surface area (Å²) in [5.41, 5.74) is 1.88. The Morgan fingerprint density at radius 3 is 2.54 bits per heavy atom. The number of carbonyl (C=O) groups is 1. The number of benzene rings is 2. The SMILES string of the molecule is COC(=O)c1c(C#N)cc(-c2ccc(OC(F)(F)F)cc2)c2c1CCO2. The Balaban J connectivity index is 2.08. The zero-order chi connectivity index (χ0) is 18.9. The van der Waals surface area contributed by atoms with Gasteiger partial charge in [0.1, 0.15) is 17.6 Å². The Morgan fingerprint density at radius 1 is 1.27 bits per heavy atom. The summed E-state index contributed by atoms with van der Waals surface area (Å²) in [6.07, 6.45) is -4.35. The minimum atomic E-state index is -4.78. The summed E-state index contributed by atoms with van der Waals surface area (Å²) in [5, 5.41) is 9.39. The highest BCUT2D eigenvalue weighted by molar-refractivity contribution is 5.97. The number of hydrogen-bond acceptors (Lipinski definition) is 5. The number of hydrogen-bond donors (Lipinski definition) is 0. The monoisotopic (exact) mass is 363 g/mol. The highest BCUT2D eigenvalue weighted by Gasteiger charge is 2.31. The van der Waals surface area contributed by atoms with Gasteiger partial charge in [-0.2, -0.15) is 5.26 Å². The van der Waals surface area contributed by atoms with Crippen LogP contribution < -0.4 is 9.47 Å². The van der Waals surface area contributed by atoms with Gasteiger partial charge in [-0.25, -0.2) is 4.79 Å². The van der Waals surface area contributed by atoms with Gasteiger partial charge < -0.3 is 14.2 Å². The number of nitriles is 1. The first-order valence-corrected chi connectivity index (χ1v) is 7.51. The molecule has 0 atom stereocenters. The Hall–Kier alpha value is -3.21. The van der Waals surface area contributed by atoms with Crippen LogP contribution in [-0.2, 0) is 11.2 Å². The lowest BCUT2D eigenvalue weighted by Crippen LogP contribution is -2.16. The van der Waals surface area contributed by atoms with E-state index in [0.29, 0.717) is 35.5 Å². The number of fused-ring (bicyclic) bond motifs is 1. The van der Waals surface area contributed by atoms with Gasteiger partial charge in [0, 0.05) is 17.5 Å². The molecule has 8 heteroatoms. The van der Waals surface area contributed by atoms with Crippen LogP contribution in [-0.4, -0.2) is 26.0 Å². The molecule has 0 aliphatic carbocycles. The number of rotatable bonds is 3. The topological polar surface area (TPSA) is 68.6 Å². The predicted molar refractivity (Wildman–Crippen MR) is 83.8 cm³/mol. The Labute approximate surface area is 146 Å². The van der Waals surface area contributed by atoms with Crippen molar-refractivity contribution in [3.8, 4) is 28.7 Å². The molecule has 1 heterocycles. The number of ether oxygens (including phenoxy) is 3. The van der Waals surface area contributed by atoms with E-state index in [1.807, 2.05) is 6.07 Å². The molecule has 0 bridgehead atoms. The summed E-state index contributed by atoms with van der Waals surface area (Å²) in [7, 11) is 1.22. The van der Waals surface area contributed by atoms with E-state index in [1.54, 1.807) is 0 Å². The molecule has 3 rings (SSSR count). The number of nitrogens with zero attached hydrogens (tertiary/aromatic N) is 1. The van der Waals surface area contributed by atoms with Crippen molar-refractivity contribution in [1.82, 2.24) is 0 Å². The van der Waals surface area contributed by atoms with Crippen molar-refractivity contribution in [1.29, 1.82) is 5.26 Å². The summed E-state index contributed by atoms with van der Waals surface area (Å²) >= 11 is 0. The van der Waals surface area contributed by atoms with E-state index in [1.165, 1.54) is 37.4 Å². The molecule has 1 aliphatic rings. The minimum Gasteiger partial charge on any atom is -0.492 e. The first-order chi connectivity index (χ1) is 12.3. The van der Waals surface area contributed by atoms with Crippen molar-refractivity contribution < 1.29 is 32.2 Å². The number of esters is 1. The zero-order valence-electron chi connectivity index (χ0n) is 13.5. The van der Waals surface area contributed by atoms with Gasteiger partial charge in [0.15, 0.2) is 0 Å². The highest BCUT2D eigenvalue weighted by atomic mass is 19.4. The first kappa shape index (κ1) is 17.6. The molecular weight excluding hydrogens is 351 g/mol. The van der Waals surface area contributed by atoms with Gasteiger partial charge in [-0.1, -0.05) is 12.1 Å². The van der Waals surface area contributed by atoms with E-state index in [2.05, 4.69) is 4.74 Å².